The van der Waals surface area contributed by atoms with E-state index in [1.165, 1.54) is 0 Å². The van der Waals surface area contributed by atoms with E-state index in [0.717, 1.165) is 16.9 Å². The summed E-state index contributed by atoms with van der Waals surface area (Å²) in [5, 5.41) is 9.55. The van der Waals surface area contributed by atoms with Gasteiger partial charge in [-0.3, -0.25) is 9.59 Å². The second-order valence-corrected chi connectivity index (χ2v) is 6.98. The average molecular weight is 367 g/mol. The van der Waals surface area contributed by atoms with Crippen LogP contribution in [0, 0.1) is 12.8 Å². The summed E-state index contributed by atoms with van der Waals surface area (Å²) in [6.07, 6.45) is 0.969. The maximum atomic E-state index is 12.5. The normalized spacial score (nSPS) is 19.1. The lowest BCUT2D eigenvalue weighted by atomic mass is 9.89. The molecule has 0 radical (unpaired) electrons. The van der Waals surface area contributed by atoms with Gasteiger partial charge in [0.1, 0.15) is 5.75 Å². The van der Waals surface area contributed by atoms with Crippen molar-refractivity contribution in [3.05, 3.63) is 65.7 Å². The third-order valence-electron chi connectivity index (χ3n) is 5.10. The number of carboxylic acids is 1. The number of amides is 1. The van der Waals surface area contributed by atoms with E-state index >= 15 is 0 Å². The maximum absolute atomic E-state index is 12.5. The molecule has 2 unspecified atom stereocenters. The number of likely N-dealkylation sites (tertiary alicyclic amines) is 1. The van der Waals surface area contributed by atoms with E-state index in [1.54, 1.807) is 4.90 Å². The summed E-state index contributed by atoms with van der Waals surface area (Å²) in [5.41, 5.74) is 2.04. The first kappa shape index (κ1) is 19.0. The Morgan fingerprint density at radius 3 is 2.48 bits per heavy atom. The predicted molar refractivity (Wildman–Crippen MR) is 103 cm³/mol. The second kappa shape index (κ2) is 8.71. The second-order valence-electron chi connectivity index (χ2n) is 6.98. The number of carbonyl (C=O) groups is 2. The molecule has 0 aromatic heterocycles. The van der Waals surface area contributed by atoms with E-state index in [4.69, 9.17) is 4.74 Å². The Morgan fingerprint density at radius 1 is 1.07 bits per heavy atom. The lowest BCUT2D eigenvalue weighted by molar-refractivity contribution is -0.141. The van der Waals surface area contributed by atoms with Crippen LogP contribution in [0.4, 0.5) is 0 Å². The molecule has 27 heavy (non-hydrogen) atoms. The fraction of sp³-hybridized carbons (Fsp3) is 0.364. The molecular weight excluding hydrogens is 342 g/mol. The smallest absolute Gasteiger partial charge is 0.308 e. The van der Waals surface area contributed by atoms with Crippen LogP contribution in [-0.4, -0.2) is 41.6 Å². The number of aliphatic carboxylic acids is 1. The summed E-state index contributed by atoms with van der Waals surface area (Å²) in [7, 11) is 0. The summed E-state index contributed by atoms with van der Waals surface area (Å²) >= 11 is 0. The molecule has 0 spiro atoms. The van der Waals surface area contributed by atoms with Crippen LogP contribution < -0.4 is 4.74 Å². The summed E-state index contributed by atoms with van der Waals surface area (Å²) in [6.45, 7) is 3.18. The number of hydrogen-bond donors (Lipinski definition) is 1. The van der Waals surface area contributed by atoms with Crippen LogP contribution in [0.15, 0.2) is 54.6 Å². The van der Waals surface area contributed by atoms with Gasteiger partial charge in [0.25, 0.3) is 0 Å². The Labute approximate surface area is 159 Å². The van der Waals surface area contributed by atoms with Crippen LogP contribution >= 0.6 is 0 Å². The highest BCUT2D eigenvalue weighted by molar-refractivity contribution is 5.79. The van der Waals surface area contributed by atoms with Gasteiger partial charge >= 0.3 is 5.97 Å². The van der Waals surface area contributed by atoms with Crippen molar-refractivity contribution in [2.75, 3.05) is 19.7 Å². The van der Waals surface area contributed by atoms with Gasteiger partial charge in [-0.2, -0.15) is 0 Å². The molecule has 1 saturated heterocycles. The molecule has 2 atom stereocenters. The molecule has 0 saturated carbocycles. The van der Waals surface area contributed by atoms with Crippen LogP contribution in [0.1, 0.15) is 29.9 Å². The standard InChI is InChI=1S/C22H25NO4/c1-16-8-5-6-11-20(16)27-13-7-12-21(24)23-14-18(19(15-23)22(25)26)17-9-3-2-4-10-17/h2-6,8-11,18-19H,7,12-15H2,1H3,(H,25,26). The molecule has 5 heteroatoms. The highest BCUT2D eigenvalue weighted by Gasteiger charge is 2.40. The summed E-state index contributed by atoms with van der Waals surface area (Å²) < 4.78 is 5.73. The molecule has 2 aromatic rings. The summed E-state index contributed by atoms with van der Waals surface area (Å²) in [5.74, 6) is -0.730. The molecule has 1 heterocycles. The molecule has 1 aliphatic rings. The van der Waals surface area contributed by atoms with Crippen LogP contribution in [0.3, 0.4) is 0 Å². The third kappa shape index (κ3) is 4.67. The average Bonchev–Trinajstić information content (AvgIpc) is 3.13. The number of ether oxygens (including phenoxy) is 1. The lowest BCUT2D eigenvalue weighted by Gasteiger charge is -2.17. The van der Waals surface area contributed by atoms with Crippen molar-refractivity contribution >= 4 is 11.9 Å². The van der Waals surface area contributed by atoms with Gasteiger partial charge in [-0.25, -0.2) is 0 Å². The first-order valence-electron chi connectivity index (χ1n) is 9.30. The van der Waals surface area contributed by atoms with Crippen molar-refractivity contribution in [1.82, 2.24) is 4.90 Å². The molecular formula is C22H25NO4. The first-order valence-corrected chi connectivity index (χ1v) is 9.30. The molecule has 142 valence electrons. The monoisotopic (exact) mass is 367 g/mol. The van der Waals surface area contributed by atoms with Crippen molar-refractivity contribution in [2.24, 2.45) is 5.92 Å². The molecule has 1 amide bonds. The number of nitrogens with zero attached hydrogens (tertiary/aromatic N) is 1. The van der Waals surface area contributed by atoms with E-state index in [0.29, 0.717) is 26.0 Å². The van der Waals surface area contributed by atoms with Gasteiger partial charge in [0, 0.05) is 25.4 Å². The number of carboxylic acid groups (broad SMARTS) is 1. The van der Waals surface area contributed by atoms with E-state index in [-0.39, 0.29) is 18.4 Å². The Kier molecular flexibility index (Phi) is 6.12. The van der Waals surface area contributed by atoms with Gasteiger partial charge in [-0.1, -0.05) is 48.5 Å². The Bertz CT molecular complexity index is 790. The summed E-state index contributed by atoms with van der Waals surface area (Å²) in [6, 6.07) is 17.4. The van der Waals surface area contributed by atoms with Crippen LogP contribution in [0.5, 0.6) is 5.75 Å². The van der Waals surface area contributed by atoms with Crippen molar-refractivity contribution in [2.45, 2.75) is 25.7 Å². The predicted octanol–water partition coefficient (Wildman–Crippen LogP) is 3.48. The van der Waals surface area contributed by atoms with Gasteiger partial charge < -0.3 is 14.7 Å². The SMILES string of the molecule is Cc1ccccc1OCCCC(=O)N1CC(C(=O)O)C(c2ccccc2)C1. The van der Waals surface area contributed by atoms with E-state index in [2.05, 4.69) is 0 Å². The Hall–Kier alpha value is -2.82. The van der Waals surface area contributed by atoms with Gasteiger partial charge in [0.2, 0.25) is 5.91 Å². The molecule has 0 bridgehead atoms. The minimum atomic E-state index is -0.845. The van der Waals surface area contributed by atoms with Crippen LogP contribution in [0.2, 0.25) is 0 Å². The van der Waals surface area contributed by atoms with Gasteiger partial charge in [-0.15, -0.1) is 0 Å². The van der Waals surface area contributed by atoms with Gasteiger partial charge in [0.15, 0.2) is 0 Å². The fourth-order valence-corrected chi connectivity index (χ4v) is 3.58. The zero-order valence-corrected chi connectivity index (χ0v) is 15.5. The highest BCUT2D eigenvalue weighted by atomic mass is 16.5. The molecule has 1 aliphatic heterocycles. The van der Waals surface area contributed by atoms with Crippen LogP contribution in [-0.2, 0) is 9.59 Å². The number of aryl methyl sites for hydroxylation is 1. The van der Waals surface area contributed by atoms with E-state index in [1.807, 2.05) is 61.5 Å². The van der Waals surface area contributed by atoms with Gasteiger partial charge in [-0.05, 0) is 30.5 Å². The molecule has 5 nitrogen and oxygen atoms in total. The molecule has 0 aliphatic carbocycles. The Morgan fingerprint density at radius 2 is 1.78 bits per heavy atom. The topological polar surface area (TPSA) is 66.8 Å². The maximum Gasteiger partial charge on any atom is 0.308 e. The lowest BCUT2D eigenvalue weighted by Crippen LogP contribution is -2.30. The number of para-hydroxylation sites is 1. The van der Waals surface area contributed by atoms with E-state index in [9.17, 15) is 14.7 Å². The quantitative estimate of drug-likeness (QED) is 0.761. The molecule has 1 N–H and O–H groups in total. The van der Waals surface area contributed by atoms with Crippen molar-refractivity contribution in [3.63, 3.8) is 0 Å². The largest absolute Gasteiger partial charge is 0.493 e. The van der Waals surface area contributed by atoms with Crippen molar-refractivity contribution in [1.29, 1.82) is 0 Å². The van der Waals surface area contributed by atoms with Gasteiger partial charge in [0.05, 0.1) is 12.5 Å². The number of benzene rings is 2. The zero-order chi connectivity index (χ0) is 19.2. The number of carbonyl (C=O) groups excluding carboxylic acids is 1. The molecule has 2 aromatic carbocycles. The van der Waals surface area contributed by atoms with Crippen molar-refractivity contribution < 1.29 is 19.4 Å². The van der Waals surface area contributed by atoms with Crippen LogP contribution in [0.25, 0.3) is 0 Å². The fourth-order valence-electron chi connectivity index (χ4n) is 3.58. The molecule has 1 fully saturated rings. The molecule has 3 rings (SSSR count). The summed E-state index contributed by atoms with van der Waals surface area (Å²) in [4.78, 5) is 25.9. The minimum absolute atomic E-state index is 0.00642. The van der Waals surface area contributed by atoms with E-state index < -0.39 is 11.9 Å². The van der Waals surface area contributed by atoms with Crippen molar-refractivity contribution in [3.8, 4) is 5.75 Å². The number of hydrogen-bond acceptors (Lipinski definition) is 3. The zero-order valence-electron chi connectivity index (χ0n) is 15.5. The highest BCUT2D eigenvalue weighted by Crippen LogP contribution is 2.33. The minimum Gasteiger partial charge on any atom is -0.493 e. The first-order chi connectivity index (χ1) is 13.1. The Balaban J connectivity index is 1.53. The third-order valence-corrected chi connectivity index (χ3v) is 5.10. The number of rotatable bonds is 7.